The second-order valence-corrected chi connectivity index (χ2v) is 8.60. The molecule has 0 aliphatic carbocycles. The molecule has 0 atom stereocenters. The van der Waals surface area contributed by atoms with Crippen LogP contribution in [0, 0.1) is 6.92 Å². The Morgan fingerprint density at radius 3 is 2.48 bits per heavy atom. The van der Waals surface area contributed by atoms with Crippen LogP contribution in [-0.4, -0.2) is 25.9 Å². The van der Waals surface area contributed by atoms with Crippen molar-refractivity contribution in [3.05, 3.63) is 78.1 Å². The summed E-state index contributed by atoms with van der Waals surface area (Å²) in [4.78, 5) is 16.4. The molecule has 8 heteroatoms. The predicted octanol–water partition coefficient (Wildman–Crippen LogP) is 4.16. The Kier molecular flexibility index (Phi) is 7.25. The number of ether oxygens (including phenoxy) is 1. The van der Waals surface area contributed by atoms with Crippen LogP contribution in [0.15, 0.2) is 71.9 Å². The van der Waals surface area contributed by atoms with Gasteiger partial charge < -0.3 is 10.1 Å². The van der Waals surface area contributed by atoms with Crippen molar-refractivity contribution in [3.63, 3.8) is 0 Å². The average molecular weight is 440 g/mol. The first-order valence-electron chi connectivity index (χ1n) is 9.92. The van der Waals surface area contributed by atoms with E-state index < -0.39 is 10.0 Å². The van der Waals surface area contributed by atoms with Crippen LogP contribution in [0.1, 0.15) is 24.5 Å². The third-order valence-electron chi connectivity index (χ3n) is 4.54. The summed E-state index contributed by atoms with van der Waals surface area (Å²) < 4.78 is 33.8. The van der Waals surface area contributed by atoms with Gasteiger partial charge in [0.15, 0.2) is 0 Å². The van der Waals surface area contributed by atoms with Gasteiger partial charge in [-0.1, -0.05) is 12.1 Å². The first kappa shape index (κ1) is 22.3. The number of carbonyl (C=O) groups is 1. The predicted molar refractivity (Wildman–Crippen MR) is 121 cm³/mol. The Labute approximate surface area is 182 Å². The number of pyridine rings is 1. The van der Waals surface area contributed by atoms with Gasteiger partial charge in [0, 0.05) is 30.2 Å². The second kappa shape index (κ2) is 10.1. The fourth-order valence-electron chi connectivity index (χ4n) is 2.99. The van der Waals surface area contributed by atoms with Crippen LogP contribution in [-0.2, 0) is 21.2 Å². The van der Waals surface area contributed by atoms with E-state index in [-0.39, 0.29) is 17.2 Å². The average Bonchev–Trinajstić information content (AvgIpc) is 2.76. The molecule has 1 aromatic heterocycles. The minimum Gasteiger partial charge on any atom is -0.494 e. The summed E-state index contributed by atoms with van der Waals surface area (Å²) in [5, 5.41) is 2.77. The Morgan fingerprint density at radius 1 is 1.06 bits per heavy atom. The van der Waals surface area contributed by atoms with Crippen LogP contribution < -0.4 is 14.8 Å². The lowest BCUT2D eigenvalue weighted by atomic mass is 10.1. The number of nitrogens with zero attached hydrogens (tertiary/aromatic N) is 1. The first-order chi connectivity index (χ1) is 14.9. The van der Waals surface area contributed by atoms with Gasteiger partial charge in [0.2, 0.25) is 5.91 Å². The van der Waals surface area contributed by atoms with Crippen LogP contribution in [0.4, 0.5) is 11.4 Å². The molecule has 0 unspecified atom stereocenters. The molecule has 162 valence electrons. The van der Waals surface area contributed by atoms with E-state index in [0.717, 1.165) is 5.56 Å². The molecule has 3 rings (SSSR count). The summed E-state index contributed by atoms with van der Waals surface area (Å²) in [5.74, 6) is 0.466. The fourth-order valence-corrected chi connectivity index (χ4v) is 4.32. The van der Waals surface area contributed by atoms with Crippen molar-refractivity contribution < 1.29 is 17.9 Å². The zero-order chi connectivity index (χ0) is 22.3. The van der Waals surface area contributed by atoms with Crippen molar-refractivity contribution in [3.8, 4) is 5.75 Å². The molecular formula is C23H25N3O4S. The summed E-state index contributed by atoms with van der Waals surface area (Å²) in [6.07, 6.45) is 4.22. The number of anilines is 2. The van der Waals surface area contributed by atoms with E-state index in [9.17, 15) is 13.2 Å². The SMILES string of the molecule is CCOc1ccc(NS(=O)(=O)c2cc(NC(=O)CCc3cccnc3)ccc2C)cc1. The molecule has 3 aromatic rings. The highest BCUT2D eigenvalue weighted by Crippen LogP contribution is 2.24. The lowest BCUT2D eigenvalue weighted by Gasteiger charge is -2.13. The molecule has 2 N–H and O–H groups in total. The highest BCUT2D eigenvalue weighted by atomic mass is 32.2. The van der Waals surface area contributed by atoms with E-state index >= 15 is 0 Å². The second-order valence-electron chi connectivity index (χ2n) is 6.95. The van der Waals surface area contributed by atoms with Gasteiger partial charge in [0.1, 0.15) is 5.75 Å². The van der Waals surface area contributed by atoms with E-state index in [1.807, 2.05) is 19.1 Å². The fraction of sp³-hybridized carbons (Fsp3) is 0.217. The van der Waals surface area contributed by atoms with Crippen LogP contribution in [0.25, 0.3) is 0 Å². The van der Waals surface area contributed by atoms with Crippen LogP contribution >= 0.6 is 0 Å². The number of rotatable bonds is 9. The molecule has 0 saturated heterocycles. The number of carbonyl (C=O) groups excluding carboxylic acids is 1. The summed E-state index contributed by atoms with van der Waals surface area (Å²) in [6, 6.07) is 15.2. The van der Waals surface area contributed by atoms with Gasteiger partial charge in [-0.05, 0) is 73.9 Å². The number of sulfonamides is 1. The molecule has 0 bridgehead atoms. The molecular weight excluding hydrogens is 414 g/mol. The quantitative estimate of drug-likeness (QED) is 0.522. The summed E-state index contributed by atoms with van der Waals surface area (Å²) in [5.41, 5.74) is 2.39. The van der Waals surface area contributed by atoms with Crippen LogP contribution in [0.5, 0.6) is 5.75 Å². The molecule has 0 spiro atoms. The van der Waals surface area contributed by atoms with Crippen molar-refractivity contribution in [1.82, 2.24) is 4.98 Å². The largest absolute Gasteiger partial charge is 0.494 e. The summed E-state index contributed by atoms with van der Waals surface area (Å²) in [7, 11) is -3.83. The summed E-state index contributed by atoms with van der Waals surface area (Å²) >= 11 is 0. The minimum atomic E-state index is -3.83. The van der Waals surface area contributed by atoms with Gasteiger partial charge in [-0.2, -0.15) is 0 Å². The number of hydrogen-bond donors (Lipinski definition) is 2. The lowest BCUT2D eigenvalue weighted by Crippen LogP contribution is -2.16. The maximum atomic E-state index is 12.9. The molecule has 31 heavy (non-hydrogen) atoms. The zero-order valence-electron chi connectivity index (χ0n) is 17.5. The highest BCUT2D eigenvalue weighted by molar-refractivity contribution is 7.92. The molecule has 2 aromatic carbocycles. The molecule has 0 radical (unpaired) electrons. The number of hydrogen-bond acceptors (Lipinski definition) is 5. The highest BCUT2D eigenvalue weighted by Gasteiger charge is 2.18. The number of aromatic nitrogens is 1. The first-order valence-corrected chi connectivity index (χ1v) is 11.4. The summed E-state index contributed by atoms with van der Waals surface area (Å²) in [6.45, 7) is 4.12. The van der Waals surface area contributed by atoms with E-state index in [4.69, 9.17) is 4.74 Å². The van der Waals surface area contributed by atoms with E-state index in [1.54, 1.807) is 55.7 Å². The molecule has 0 saturated carbocycles. The maximum Gasteiger partial charge on any atom is 0.262 e. The standard InChI is InChI=1S/C23H25N3O4S/c1-3-30-21-11-9-19(10-12-21)26-31(28,29)22-15-20(8-6-17(22)2)25-23(27)13-7-18-5-4-14-24-16-18/h4-6,8-12,14-16,26H,3,7,13H2,1-2H3,(H,25,27). The topological polar surface area (TPSA) is 97.4 Å². The number of amides is 1. The molecule has 1 heterocycles. The number of aryl methyl sites for hydroxylation is 2. The van der Waals surface area contributed by atoms with Gasteiger partial charge >= 0.3 is 0 Å². The van der Waals surface area contributed by atoms with E-state index in [0.29, 0.717) is 35.7 Å². The molecule has 0 fully saturated rings. The van der Waals surface area contributed by atoms with Crippen molar-refractivity contribution in [2.75, 3.05) is 16.6 Å². The van der Waals surface area contributed by atoms with Crippen molar-refractivity contribution in [2.24, 2.45) is 0 Å². The van der Waals surface area contributed by atoms with Crippen LogP contribution in [0.2, 0.25) is 0 Å². The molecule has 1 amide bonds. The maximum absolute atomic E-state index is 12.9. The lowest BCUT2D eigenvalue weighted by molar-refractivity contribution is -0.116. The van der Waals surface area contributed by atoms with E-state index in [2.05, 4.69) is 15.0 Å². The molecule has 0 aliphatic rings. The van der Waals surface area contributed by atoms with Crippen molar-refractivity contribution in [1.29, 1.82) is 0 Å². The third-order valence-corrected chi connectivity index (χ3v) is 6.07. The smallest absolute Gasteiger partial charge is 0.262 e. The zero-order valence-corrected chi connectivity index (χ0v) is 18.3. The van der Waals surface area contributed by atoms with Crippen molar-refractivity contribution in [2.45, 2.75) is 31.6 Å². The van der Waals surface area contributed by atoms with Crippen LogP contribution in [0.3, 0.4) is 0 Å². The Hall–Kier alpha value is -3.39. The number of benzene rings is 2. The Morgan fingerprint density at radius 2 is 1.81 bits per heavy atom. The molecule has 7 nitrogen and oxygen atoms in total. The normalized spacial score (nSPS) is 11.0. The third kappa shape index (κ3) is 6.29. The minimum absolute atomic E-state index is 0.103. The van der Waals surface area contributed by atoms with Gasteiger partial charge in [-0.25, -0.2) is 8.42 Å². The van der Waals surface area contributed by atoms with Crippen molar-refractivity contribution >= 4 is 27.3 Å². The van der Waals surface area contributed by atoms with Gasteiger partial charge in [-0.15, -0.1) is 0 Å². The van der Waals surface area contributed by atoms with E-state index in [1.165, 1.54) is 6.07 Å². The number of nitrogens with one attached hydrogen (secondary N) is 2. The van der Waals surface area contributed by atoms with Gasteiger partial charge in [0.05, 0.1) is 11.5 Å². The Bertz CT molecular complexity index is 1130. The molecule has 0 aliphatic heterocycles. The van der Waals surface area contributed by atoms with Gasteiger partial charge in [-0.3, -0.25) is 14.5 Å². The monoisotopic (exact) mass is 439 g/mol. The Balaban J connectivity index is 1.69. The van der Waals surface area contributed by atoms with Gasteiger partial charge in [0.25, 0.3) is 10.0 Å².